The molecule has 9 nitrogen and oxygen atoms in total. The highest BCUT2D eigenvalue weighted by atomic mass is 32.2. The van der Waals surface area contributed by atoms with Crippen LogP contribution < -0.4 is 14.4 Å². The molecule has 1 N–H and O–H groups in total. The van der Waals surface area contributed by atoms with E-state index in [1.807, 2.05) is 0 Å². The zero-order chi connectivity index (χ0) is 24.3. The van der Waals surface area contributed by atoms with E-state index in [-0.39, 0.29) is 28.8 Å². The monoisotopic (exact) mass is 507 g/mol. The number of amides is 1. The molecule has 184 valence electrons. The number of hydrogen-bond donors (Lipinski definition) is 1. The third-order valence-electron chi connectivity index (χ3n) is 6.05. The SMILES string of the molecule is CC(=O)N1CCCc2cc(S(=O)(=O)NCCOc3ccc(S(=O)(=O)N4CCCC4)cc3)ccc21. The molecule has 1 fully saturated rings. The third kappa shape index (κ3) is 5.27. The molecule has 0 aliphatic carbocycles. The second-order valence-electron chi connectivity index (χ2n) is 8.39. The highest BCUT2D eigenvalue weighted by Gasteiger charge is 2.27. The van der Waals surface area contributed by atoms with Gasteiger partial charge >= 0.3 is 0 Å². The van der Waals surface area contributed by atoms with E-state index in [0.29, 0.717) is 25.4 Å². The molecule has 0 bridgehead atoms. The van der Waals surface area contributed by atoms with Gasteiger partial charge in [0.05, 0.1) is 9.79 Å². The molecule has 2 aromatic carbocycles. The summed E-state index contributed by atoms with van der Waals surface area (Å²) in [5.74, 6) is 0.395. The standard InChI is InChI=1S/C23H29N3O6S2/c1-18(27)26-15-4-5-19-17-22(10-11-23(19)26)33(28,29)24-12-16-32-20-6-8-21(9-7-20)34(30,31)25-13-2-3-14-25/h6-11,17,24H,2-5,12-16H2,1H3. The van der Waals surface area contributed by atoms with Crippen molar-refractivity contribution in [3.63, 3.8) is 0 Å². The zero-order valence-electron chi connectivity index (χ0n) is 19.1. The summed E-state index contributed by atoms with van der Waals surface area (Å²) in [5, 5.41) is 0. The average Bonchev–Trinajstić information content (AvgIpc) is 3.37. The summed E-state index contributed by atoms with van der Waals surface area (Å²) in [6.45, 7) is 3.35. The first-order chi connectivity index (χ1) is 16.2. The van der Waals surface area contributed by atoms with Gasteiger partial charge in [-0.1, -0.05) is 0 Å². The topological polar surface area (TPSA) is 113 Å². The Morgan fingerprint density at radius 3 is 2.29 bits per heavy atom. The van der Waals surface area contributed by atoms with Crippen molar-refractivity contribution >= 4 is 31.6 Å². The van der Waals surface area contributed by atoms with E-state index in [0.717, 1.165) is 36.9 Å². The maximum absolute atomic E-state index is 12.7. The van der Waals surface area contributed by atoms with Crippen molar-refractivity contribution in [2.24, 2.45) is 0 Å². The van der Waals surface area contributed by atoms with E-state index >= 15 is 0 Å². The van der Waals surface area contributed by atoms with E-state index in [2.05, 4.69) is 4.72 Å². The Balaban J connectivity index is 1.32. The fourth-order valence-electron chi connectivity index (χ4n) is 4.28. The van der Waals surface area contributed by atoms with E-state index in [9.17, 15) is 21.6 Å². The van der Waals surface area contributed by atoms with Crippen LogP contribution >= 0.6 is 0 Å². The minimum Gasteiger partial charge on any atom is -0.492 e. The highest BCUT2D eigenvalue weighted by molar-refractivity contribution is 7.89. The first kappa shape index (κ1) is 24.6. The van der Waals surface area contributed by atoms with E-state index < -0.39 is 20.0 Å². The van der Waals surface area contributed by atoms with Crippen LogP contribution in [-0.2, 0) is 31.3 Å². The molecular formula is C23H29N3O6S2. The van der Waals surface area contributed by atoms with Crippen molar-refractivity contribution in [1.29, 1.82) is 0 Å². The zero-order valence-corrected chi connectivity index (χ0v) is 20.7. The molecule has 0 unspecified atom stereocenters. The van der Waals surface area contributed by atoms with Crippen LogP contribution in [0.25, 0.3) is 0 Å². The quantitative estimate of drug-likeness (QED) is 0.548. The summed E-state index contributed by atoms with van der Waals surface area (Å²) in [5.41, 5.74) is 1.60. The van der Waals surface area contributed by atoms with Crippen molar-refractivity contribution in [2.45, 2.75) is 42.4 Å². The molecule has 0 atom stereocenters. The number of fused-ring (bicyclic) bond motifs is 1. The van der Waals surface area contributed by atoms with Crippen LogP contribution in [0.3, 0.4) is 0 Å². The maximum atomic E-state index is 12.7. The Kier molecular flexibility index (Phi) is 7.27. The number of hydrogen-bond acceptors (Lipinski definition) is 6. The van der Waals surface area contributed by atoms with Crippen LogP contribution in [0.4, 0.5) is 5.69 Å². The van der Waals surface area contributed by atoms with Crippen LogP contribution in [0.15, 0.2) is 52.3 Å². The van der Waals surface area contributed by atoms with Crippen LogP contribution in [-0.4, -0.2) is 59.8 Å². The Hall–Kier alpha value is -2.47. The minimum absolute atomic E-state index is 0.0484. The van der Waals surface area contributed by atoms with Gasteiger partial charge in [0.15, 0.2) is 0 Å². The van der Waals surface area contributed by atoms with Gasteiger partial charge in [0, 0.05) is 38.8 Å². The van der Waals surface area contributed by atoms with Crippen molar-refractivity contribution in [3.05, 3.63) is 48.0 Å². The minimum atomic E-state index is -3.74. The normalized spacial score (nSPS) is 16.9. The second-order valence-corrected chi connectivity index (χ2v) is 12.1. The smallest absolute Gasteiger partial charge is 0.243 e. The van der Waals surface area contributed by atoms with Gasteiger partial charge in [-0.2, -0.15) is 4.31 Å². The number of carbonyl (C=O) groups is 1. The molecule has 0 radical (unpaired) electrons. The fourth-order valence-corrected chi connectivity index (χ4v) is 6.86. The van der Waals surface area contributed by atoms with Crippen molar-refractivity contribution in [1.82, 2.24) is 9.03 Å². The number of sulfonamides is 2. The summed E-state index contributed by atoms with van der Waals surface area (Å²) in [7, 11) is -7.22. The number of nitrogens with one attached hydrogen (secondary N) is 1. The second kappa shape index (κ2) is 10.0. The van der Waals surface area contributed by atoms with Crippen LogP contribution in [0.1, 0.15) is 31.7 Å². The molecule has 4 rings (SSSR count). The number of ether oxygens (including phenoxy) is 1. The van der Waals surface area contributed by atoms with Crippen molar-refractivity contribution in [3.8, 4) is 5.75 Å². The average molecular weight is 508 g/mol. The Morgan fingerprint density at radius 2 is 1.62 bits per heavy atom. The molecular weight excluding hydrogens is 478 g/mol. The Morgan fingerprint density at radius 1 is 0.941 bits per heavy atom. The predicted molar refractivity (Wildman–Crippen MR) is 128 cm³/mol. The fraction of sp³-hybridized carbons (Fsp3) is 0.435. The van der Waals surface area contributed by atoms with E-state index in [1.54, 1.807) is 29.2 Å². The van der Waals surface area contributed by atoms with Gasteiger partial charge in [-0.3, -0.25) is 4.79 Å². The lowest BCUT2D eigenvalue weighted by atomic mass is 10.0. The van der Waals surface area contributed by atoms with Gasteiger partial charge in [-0.05, 0) is 73.7 Å². The summed E-state index contributed by atoms with van der Waals surface area (Å²) >= 11 is 0. The van der Waals surface area contributed by atoms with E-state index in [4.69, 9.17) is 4.74 Å². The number of benzene rings is 2. The lowest BCUT2D eigenvalue weighted by molar-refractivity contribution is -0.116. The Bertz CT molecular complexity index is 1250. The van der Waals surface area contributed by atoms with Crippen LogP contribution in [0, 0.1) is 0 Å². The van der Waals surface area contributed by atoms with Gasteiger partial charge in [0.2, 0.25) is 26.0 Å². The molecule has 2 aliphatic heterocycles. The first-order valence-electron chi connectivity index (χ1n) is 11.3. The van der Waals surface area contributed by atoms with Crippen molar-refractivity contribution in [2.75, 3.05) is 37.7 Å². The molecule has 2 heterocycles. The van der Waals surface area contributed by atoms with Crippen LogP contribution in [0.2, 0.25) is 0 Å². The van der Waals surface area contributed by atoms with Gasteiger partial charge in [-0.25, -0.2) is 21.6 Å². The lowest BCUT2D eigenvalue weighted by Crippen LogP contribution is -2.34. The summed E-state index contributed by atoms with van der Waals surface area (Å²) < 4.78 is 60.2. The molecule has 0 saturated carbocycles. The largest absolute Gasteiger partial charge is 0.492 e. The molecule has 34 heavy (non-hydrogen) atoms. The predicted octanol–water partition coefficient (Wildman–Crippen LogP) is 2.13. The summed E-state index contributed by atoms with van der Waals surface area (Å²) in [6.07, 6.45) is 3.25. The molecule has 0 spiro atoms. The number of rotatable bonds is 8. The molecule has 11 heteroatoms. The summed E-state index contributed by atoms with van der Waals surface area (Å²) in [6, 6.07) is 11.0. The molecule has 0 aromatic heterocycles. The van der Waals surface area contributed by atoms with Gasteiger partial charge in [0.25, 0.3) is 0 Å². The molecule has 2 aliphatic rings. The van der Waals surface area contributed by atoms with Crippen LogP contribution in [0.5, 0.6) is 5.75 Å². The molecule has 2 aromatic rings. The number of nitrogens with zero attached hydrogens (tertiary/aromatic N) is 2. The number of carbonyl (C=O) groups excluding carboxylic acids is 1. The lowest BCUT2D eigenvalue weighted by Gasteiger charge is -2.28. The van der Waals surface area contributed by atoms with Gasteiger partial charge in [-0.15, -0.1) is 0 Å². The first-order valence-corrected chi connectivity index (χ1v) is 14.2. The number of aryl methyl sites for hydroxylation is 1. The van der Waals surface area contributed by atoms with Crippen molar-refractivity contribution < 1.29 is 26.4 Å². The molecule has 1 amide bonds. The van der Waals surface area contributed by atoms with E-state index in [1.165, 1.54) is 29.4 Å². The Labute approximate surface area is 200 Å². The highest BCUT2D eigenvalue weighted by Crippen LogP contribution is 2.29. The van der Waals surface area contributed by atoms with Gasteiger partial charge < -0.3 is 9.64 Å². The maximum Gasteiger partial charge on any atom is 0.243 e. The summed E-state index contributed by atoms with van der Waals surface area (Å²) in [4.78, 5) is 13.8. The molecule has 1 saturated heterocycles. The third-order valence-corrected chi connectivity index (χ3v) is 9.42. The van der Waals surface area contributed by atoms with Gasteiger partial charge in [0.1, 0.15) is 12.4 Å². The number of anilines is 1.